The Morgan fingerprint density at radius 3 is 2.00 bits per heavy atom. The number of nitrogens with one attached hydrogen (secondary N) is 2. The fourth-order valence-electron chi connectivity index (χ4n) is 2.15. The van der Waals surface area contributed by atoms with Crippen LogP contribution in [0.2, 0.25) is 0 Å². The van der Waals surface area contributed by atoms with E-state index < -0.39 is 11.8 Å². The Hall–Kier alpha value is -3.16. The number of methoxy groups -OCH3 is 3. The van der Waals surface area contributed by atoms with Crippen LogP contribution in [0.15, 0.2) is 28.9 Å². The summed E-state index contributed by atoms with van der Waals surface area (Å²) in [5.74, 6) is 0.290. The quantitative estimate of drug-likeness (QED) is 0.807. The number of carbonyl (C=O) groups excluding carboxylic acids is 2. The van der Waals surface area contributed by atoms with Crippen molar-refractivity contribution in [2.24, 2.45) is 0 Å². The highest BCUT2D eigenvalue weighted by Crippen LogP contribution is 2.39. The van der Waals surface area contributed by atoms with E-state index in [-0.39, 0.29) is 17.1 Å². The van der Waals surface area contributed by atoms with Crippen LogP contribution in [0.5, 0.6) is 17.2 Å². The fraction of sp³-hybridized carbons (Fsp3) is 0.250. The predicted octanol–water partition coefficient (Wildman–Crippen LogP) is 1.69. The van der Waals surface area contributed by atoms with Crippen LogP contribution in [-0.2, 0) is 0 Å². The van der Waals surface area contributed by atoms with Gasteiger partial charge in [-0.3, -0.25) is 20.4 Å². The standard InChI is InChI=1S/C16H18N2O6/c1-9-10(7-8-24-9)15(19)17-18-16(20)11-5-6-12(21-2)14(23-4)13(11)22-3/h5-8H,1-4H3,(H,17,19)(H,18,20). The summed E-state index contributed by atoms with van der Waals surface area (Å²) in [5, 5.41) is 0. The molecule has 0 saturated heterocycles. The Kier molecular flexibility index (Phi) is 5.31. The number of rotatable bonds is 5. The molecule has 0 aliphatic heterocycles. The minimum Gasteiger partial charge on any atom is -0.493 e. The summed E-state index contributed by atoms with van der Waals surface area (Å²) in [7, 11) is 4.32. The second kappa shape index (κ2) is 7.40. The van der Waals surface area contributed by atoms with Crippen LogP contribution >= 0.6 is 0 Å². The molecule has 0 radical (unpaired) electrons. The Bertz CT molecular complexity index is 753. The second-order valence-corrected chi connectivity index (χ2v) is 4.68. The first-order chi connectivity index (χ1) is 11.5. The molecule has 2 N–H and O–H groups in total. The SMILES string of the molecule is COc1ccc(C(=O)NNC(=O)c2ccoc2C)c(OC)c1OC. The van der Waals surface area contributed by atoms with Gasteiger partial charge in [0.15, 0.2) is 11.5 Å². The number of carbonyl (C=O) groups is 2. The Labute approximate surface area is 138 Å². The summed E-state index contributed by atoms with van der Waals surface area (Å²) in [4.78, 5) is 24.3. The van der Waals surface area contributed by atoms with Crippen LogP contribution in [0, 0.1) is 6.92 Å². The van der Waals surface area contributed by atoms with E-state index in [2.05, 4.69) is 10.9 Å². The zero-order valence-corrected chi connectivity index (χ0v) is 13.8. The number of hydrogen-bond donors (Lipinski definition) is 2. The molecule has 128 valence electrons. The summed E-state index contributed by atoms with van der Waals surface area (Å²) >= 11 is 0. The Balaban J connectivity index is 2.18. The van der Waals surface area contributed by atoms with Gasteiger partial charge in [-0.1, -0.05) is 0 Å². The van der Waals surface area contributed by atoms with Gasteiger partial charge in [0.2, 0.25) is 5.75 Å². The maximum Gasteiger partial charge on any atom is 0.273 e. The van der Waals surface area contributed by atoms with E-state index in [4.69, 9.17) is 18.6 Å². The van der Waals surface area contributed by atoms with Crippen LogP contribution in [0.25, 0.3) is 0 Å². The summed E-state index contributed by atoms with van der Waals surface area (Å²) in [6, 6.07) is 4.58. The molecule has 0 bridgehead atoms. The summed E-state index contributed by atoms with van der Waals surface area (Å²) < 4.78 is 20.7. The number of aryl methyl sites for hydroxylation is 1. The lowest BCUT2D eigenvalue weighted by molar-refractivity contribution is 0.0843. The molecular weight excluding hydrogens is 316 g/mol. The van der Waals surface area contributed by atoms with Gasteiger partial charge in [-0.15, -0.1) is 0 Å². The molecule has 2 aromatic rings. The van der Waals surface area contributed by atoms with Gasteiger partial charge < -0.3 is 18.6 Å². The molecular formula is C16H18N2O6. The van der Waals surface area contributed by atoms with Crippen molar-refractivity contribution in [2.45, 2.75) is 6.92 Å². The third-order valence-electron chi connectivity index (χ3n) is 3.34. The van der Waals surface area contributed by atoms with E-state index in [0.29, 0.717) is 17.1 Å². The van der Waals surface area contributed by atoms with E-state index in [9.17, 15) is 9.59 Å². The number of furan rings is 1. The topological polar surface area (TPSA) is 99.0 Å². The average Bonchev–Trinajstić information content (AvgIpc) is 3.03. The van der Waals surface area contributed by atoms with Crippen molar-refractivity contribution in [1.82, 2.24) is 10.9 Å². The van der Waals surface area contributed by atoms with Crippen molar-refractivity contribution in [3.63, 3.8) is 0 Å². The molecule has 1 aromatic carbocycles. The molecule has 0 atom stereocenters. The number of benzene rings is 1. The Morgan fingerprint density at radius 2 is 1.50 bits per heavy atom. The molecule has 2 amide bonds. The third-order valence-corrected chi connectivity index (χ3v) is 3.34. The highest BCUT2D eigenvalue weighted by atomic mass is 16.5. The average molecular weight is 334 g/mol. The number of ether oxygens (including phenoxy) is 3. The minimum absolute atomic E-state index is 0.180. The first-order valence-electron chi connectivity index (χ1n) is 6.97. The van der Waals surface area contributed by atoms with Gasteiger partial charge in [-0.25, -0.2) is 0 Å². The maximum atomic E-state index is 12.3. The normalized spacial score (nSPS) is 10.0. The number of hydrazine groups is 1. The molecule has 0 fully saturated rings. The smallest absolute Gasteiger partial charge is 0.273 e. The molecule has 8 heteroatoms. The molecule has 0 spiro atoms. The monoisotopic (exact) mass is 334 g/mol. The number of amides is 2. The fourth-order valence-corrected chi connectivity index (χ4v) is 2.15. The summed E-state index contributed by atoms with van der Waals surface area (Å²) in [5.41, 5.74) is 5.14. The van der Waals surface area contributed by atoms with E-state index >= 15 is 0 Å². The van der Waals surface area contributed by atoms with Crippen molar-refractivity contribution in [3.8, 4) is 17.2 Å². The minimum atomic E-state index is -0.567. The molecule has 8 nitrogen and oxygen atoms in total. The van der Waals surface area contributed by atoms with Gasteiger partial charge >= 0.3 is 0 Å². The van der Waals surface area contributed by atoms with Crippen molar-refractivity contribution < 1.29 is 28.2 Å². The van der Waals surface area contributed by atoms with Crippen molar-refractivity contribution in [3.05, 3.63) is 41.3 Å². The van der Waals surface area contributed by atoms with E-state index in [1.807, 2.05) is 0 Å². The lowest BCUT2D eigenvalue weighted by atomic mass is 10.1. The molecule has 1 aromatic heterocycles. The molecule has 0 unspecified atom stereocenters. The van der Waals surface area contributed by atoms with Gasteiger partial charge in [-0.05, 0) is 25.1 Å². The summed E-state index contributed by atoms with van der Waals surface area (Å²) in [6.07, 6.45) is 1.39. The highest BCUT2D eigenvalue weighted by molar-refractivity contribution is 6.01. The zero-order chi connectivity index (χ0) is 17.7. The third kappa shape index (κ3) is 3.27. The van der Waals surface area contributed by atoms with Gasteiger partial charge in [0.25, 0.3) is 11.8 Å². The molecule has 0 aliphatic carbocycles. The van der Waals surface area contributed by atoms with Crippen molar-refractivity contribution >= 4 is 11.8 Å². The van der Waals surface area contributed by atoms with Crippen LogP contribution in [0.4, 0.5) is 0 Å². The first kappa shape index (κ1) is 17.2. The van der Waals surface area contributed by atoms with Crippen LogP contribution < -0.4 is 25.1 Å². The lowest BCUT2D eigenvalue weighted by Crippen LogP contribution is -2.41. The van der Waals surface area contributed by atoms with Gasteiger partial charge in [0.05, 0.1) is 38.7 Å². The van der Waals surface area contributed by atoms with Crippen LogP contribution in [0.3, 0.4) is 0 Å². The Morgan fingerprint density at radius 1 is 0.875 bits per heavy atom. The summed E-state index contributed by atoms with van der Waals surface area (Å²) in [6.45, 7) is 1.65. The molecule has 0 saturated carbocycles. The van der Waals surface area contributed by atoms with Gasteiger partial charge in [0.1, 0.15) is 5.76 Å². The zero-order valence-electron chi connectivity index (χ0n) is 13.8. The molecule has 2 rings (SSSR count). The van der Waals surface area contributed by atoms with E-state index in [0.717, 1.165) is 0 Å². The largest absolute Gasteiger partial charge is 0.493 e. The predicted molar refractivity (Wildman–Crippen MR) is 84.5 cm³/mol. The molecule has 1 heterocycles. The van der Waals surface area contributed by atoms with Gasteiger partial charge in [-0.2, -0.15) is 0 Å². The second-order valence-electron chi connectivity index (χ2n) is 4.68. The van der Waals surface area contributed by atoms with Crippen molar-refractivity contribution in [1.29, 1.82) is 0 Å². The molecule has 0 aliphatic rings. The lowest BCUT2D eigenvalue weighted by Gasteiger charge is -2.15. The van der Waals surface area contributed by atoms with Crippen molar-refractivity contribution in [2.75, 3.05) is 21.3 Å². The van der Waals surface area contributed by atoms with E-state index in [1.165, 1.54) is 39.7 Å². The van der Waals surface area contributed by atoms with Gasteiger partial charge in [0, 0.05) is 0 Å². The molecule has 24 heavy (non-hydrogen) atoms. The number of hydrogen-bond acceptors (Lipinski definition) is 6. The van der Waals surface area contributed by atoms with Crippen LogP contribution in [-0.4, -0.2) is 33.1 Å². The highest BCUT2D eigenvalue weighted by Gasteiger charge is 2.21. The maximum absolute atomic E-state index is 12.3. The van der Waals surface area contributed by atoms with E-state index in [1.54, 1.807) is 13.0 Å². The van der Waals surface area contributed by atoms with Crippen LogP contribution in [0.1, 0.15) is 26.5 Å². The first-order valence-corrected chi connectivity index (χ1v) is 6.97.